The molecule has 0 aliphatic heterocycles. The number of para-hydroxylation sites is 3. The maximum atomic E-state index is 11.1. The number of aryl methyl sites for hydroxylation is 3. The third-order valence-corrected chi connectivity index (χ3v) is 7.02. The average molecular weight is 539 g/mol. The number of benzene rings is 4. The minimum Gasteiger partial charge on any atom is -0.504 e. The summed E-state index contributed by atoms with van der Waals surface area (Å²) in [6.45, 7) is 6.55. The van der Waals surface area contributed by atoms with E-state index >= 15 is 0 Å². The first kappa shape index (κ1) is 29.1. The molecule has 0 fully saturated rings. The minimum atomic E-state index is -0.00190. The molecule has 0 spiro atoms. The van der Waals surface area contributed by atoms with Crippen LogP contribution in [-0.4, -0.2) is 5.11 Å². The topological polar surface area (TPSA) is 47.9 Å². The molecule has 0 aliphatic carbocycles. The van der Waals surface area contributed by atoms with Gasteiger partial charge in [-0.05, 0) is 85.5 Å². The maximum Gasteiger partial charge on any atom is 0.216 e. The molecule has 1 N–H and O–H groups in total. The van der Waals surface area contributed by atoms with Gasteiger partial charge < -0.3 is 19.3 Å². The van der Waals surface area contributed by atoms with Crippen LogP contribution in [0.5, 0.6) is 40.2 Å². The van der Waals surface area contributed by atoms with Gasteiger partial charge in [-0.3, -0.25) is 0 Å². The lowest BCUT2D eigenvalue weighted by molar-refractivity contribution is 0.359. The molecule has 0 amide bonds. The zero-order chi connectivity index (χ0) is 28.2. The number of hydrogen-bond acceptors (Lipinski definition) is 4. The predicted molar refractivity (Wildman–Crippen MR) is 163 cm³/mol. The summed E-state index contributed by atoms with van der Waals surface area (Å²) in [5, 5.41) is 11.1. The lowest BCUT2D eigenvalue weighted by Gasteiger charge is -2.20. The monoisotopic (exact) mass is 538 g/mol. The summed E-state index contributed by atoms with van der Waals surface area (Å²) in [7, 11) is 0. The molecular weight excluding hydrogens is 496 g/mol. The van der Waals surface area contributed by atoms with Crippen LogP contribution in [0.3, 0.4) is 0 Å². The largest absolute Gasteiger partial charge is 0.504 e. The number of hydrogen-bond donors (Lipinski definition) is 1. The van der Waals surface area contributed by atoms with Crippen molar-refractivity contribution < 1.29 is 19.3 Å². The van der Waals surface area contributed by atoms with Crippen molar-refractivity contribution in [2.75, 3.05) is 0 Å². The lowest BCUT2D eigenvalue weighted by atomic mass is 10.1. The van der Waals surface area contributed by atoms with E-state index in [1.165, 1.54) is 0 Å². The zero-order valence-corrected chi connectivity index (χ0v) is 24.1. The summed E-state index contributed by atoms with van der Waals surface area (Å²) >= 11 is 0. The third-order valence-electron chi connectivity index (χ3n) is 7.02. The van der Waals surface area contributed by atoms with Gasteiger partial charge in [-0.2, -0.15) is 0 Å². The fourth-order valence-electron chi connectivity index (χ4n) is 4.68. The molecule has 0 bridgehead atoms. The molecule has 0 saturated carbocycles. The second-order valence-corrected chi connectivity index (χ2v) is 10.2. The number of unbranched alkanes of at least 4 members (excludes halogenated alkanes) is 3. The van der Waals surface area contributed by atoms with Crippen LogP contribution in [0.25, 0.3) is 0 Å². The van der Waals surface area contributed by atoms with E-state index in [2.05, 4.69) is 39.0 Å². The van der Waals surface area contributed by atoms with E-state index in [0.29, 0.717) is 17.2 Å². The van der Waals surface area contributed by atoms with Crippen LogP contribution in [0.2, 0.25) is 0 Å². The molecule has 4 aromatic carbocycles. The molecular formula is C36H42O4. The Hall–Kier alpha value is -3.92. The molecule has 40 heavy (non-hydrogen) atoms. The summed E-state index contributed by atoms with van der Waals surface area (Å²) in [5.74, 6) is 3.31. The van der Waals surface area contributed by atoms with Gasteiger partial charge in [0.1, 0.15) is 17.2 Å². The first-order valence-corrected chi connectivity index (χ1v) is 14.8. The summed E-state index contributed by atoms with van der Waals surface area (Å²) in [6, 6.07) is 27.5. The van der Waals surface area contributed by atoms with Crippen LogP contribution < -0.4 is 14.2 Å². The lowest BCUT2D eigenvalue weighted by Crippen LogP contribution is -2.00. The number of phenolic OH excluding ortho intramolecular Hbond substituents is 1. The molecule has 0 saturated heterocycles. The van der Waals surface area contributed by atoms with Gasteiger partial charge in [0.15, 0.2) is 11.5 Å². The smallest absolute Gasteiger partial charge is 0.216 e. The molecule has 0 radical (unpaired) electrons. The van der Waals surface area contributed by atoms with E-state index in [1.807, 2.05) is 54.6 Å². The van der Waals surface area contributed by atoms with Crippen LogP contribution >= 0.6 is 0 Å². The van der Waals surface area contributed by atoms with Crippen molar-refractivity contribution >= 4 is 0 Å². The van der Waals surface area contributed by atoms with Crippen molar-refractivity contribution in [2.24, 2.45) is 0 Å². The quantitative estimate of drug-likeness (QED) is 0.163. The van der Waals surface area contributed by atoms with E-state index in [1.54, 1.807) is 12.1 Å². The summed E-state index contributed by atoms with van der Waals surface area (Å²) < 4.78 is 19.6. The first-order valence-electron chi connectivity index (χ1n) is 14.8. The Bertz CT molecular complexity index is 1360. The summed E-state index contributed by atoms with van der Waals surface area (Å²) in [5.41, 5.74) is 3.34. The van der Waals surface area contributed by atoms with Crippen molar-refractivity contribution in [1.29, 1.82) is 0 Å². The highest BCUT2D eigenvalue weighted by Crippen LogP contribution is 2.50. The predicted octanol–water partition coefficient (Wildman–Crippen LogP) is 10.8. The van der Waals surface area contributed by atoms with Gasteiger partial charge in [0.25, 0.3) is 0 Å². The molecule has 210 valence electrons. The van der Waals surface area contributed by atoms with Gasteiger partial charge >= 0.3 is 0 Å². The fraction of sp³-hybridized carbons (Fsp3) is 0.333. The van der Waals surface area contributed by atoms with Gasteiger partial charge in [-0.1, -0.05) is 94.6 Å². The van der Waals surface area contributed by atoms with Crippen LogP contribution in [-0.2, 0) is 19.3 Å². The second-order valence-electron chi connectivity index (χ2n) is 10.2. The third kappa shape index (κ3) is 7.59. The van der Waals surface area contributed by atoms with E-state index in [0.717, 1.165) is 86.0 Å². The van der Waals surface area contributed by atoms with E-state index in [4.69, 9.17) is 14.2 Å². The van der Waals surface area contributed by atoms with E-state index < -0.39 is 0 Å². The fourth-order valence-corrected chi connectivity index (χ4v) is 4.68. The van der Waals surface area contributed by atoms with Crippen molar-refractivity contribution in [3.8, 4) is 40.2 Å². The summed E-state index contributed by atoms with van der Waals surface area (Å²) in [4.78, 5) is 0. The number of phenols is 1. The van der Waals surface area contributed by atoms with Crippen molar-refractivity contribution in [1.82, 2.24) is 0 Å². The van der Waals surface area contributed by atoms with Crippen LogP contribution in [0.4, 0.5) is 0 Å². The molecule has 0 aliphatic rings. The molecule has 4 aromatic rings. The van der Waals surface area contributed by atoms with Crippen LogP contribution in [0.1, 0.15) is 76.0 Å². The highest BCUT2D eigenvalue weighted by atomic mass is 16.5. The molecule has 4 heteroatoms. The van der Waals surface area contributed by atoms with Crippen molar-refractivity contribution in [2.45, 2.75) is 78.6 Å². The Labute approximate surface area is 239 Å². The van der Waals surface area contributed by atoms with Gasteiger partial charge in [0.2, 0.25) is 11.5 Å². The normalized spacial score (nSPS) is 10.9. The van der Waals surface area contributed by atoms with E-state index in [9.17, 15) is 5.11 Å². The van der Waals surface area contributed by atoms with Gasteiger partial charge in [-0.15, -0.1) is 0 Å². The average Bonchev–Trinajstić information content (AvgIpc) is 2.98. The minimum absolute atomic E-state index is 0.00190. The Morgan fingerprint density at radius 2 is 0.850 bits per heavy atom. The Morgan fingerprint density at radius 3 is 1.30 bits per heavy atom. The molecule has 0 unspecified atom stereocenters. The highest BCUT2D eigenvalue weighted by Gasteiger charge is 2.22. The van der Waals surface area contributed by atoms with Gasteiger partial charge in [0, 0.05) is 0 Å². The molecule has 0 aromatic heterocycles. The van der Waals surface area contributed by atoms with Crippen molar-refractivity contribution in [3.63, 3.8) is 0 Å². The van der Waals surface area contributed by atoms with Crippen LogP contribution in [0, 0.1) is 0 Å². The molecule has 4 rings (SSSR count). The zero-order valence-electron chi connectivity index (χ0n) is 24.1. The molecule has 4 nitrogen and oxygen atoms in total. The van der Waals surface area contributed by atoms with Gasteiger partial charge in [-0.25, -0.2) is 0 Å². The molecule has 0 atom stereocenters. The van der Waals surface area contributed by atoms with Crippen LogP contribution in [0.15, 0.2) is 84.9 Å². The molecule has 0 heterocycles. The number of rotatable bonds is 15. The maximum absolute atomic E-state index is 11.1. The number of aromatic hydroxyl groups is 1. The van der Waals surface area contributed by atoms with E-state index in [-0.39, 0.29) is 11.5 Å². The Balaban J connectivity index is 1.80. The number of ether oxygens (including phenoxy) is 3. The second kappa shape index (κ2) is 15.0. The highest BCUT2D eigenvalue weighted by molar-refractivity contribution is 5.62. The van der Waals surface area contributed by atoms with Crippen molar-refractivity contribution in [3.05, 3.63) is 102 Å². The SMILES string of the molecule is CCCCc1ccccc1Oc1ccc(O)c(Oc2ccccc2CCCC)c1Oc1ccccc1CCCC. The first-order chi connectivity index (χ1) is 19.6. The standard InChI is InChI=1S/C36H42O4/c1-4-7-16-27-19-10-13-22-31(27)38-34-26-25-30(37)35(39-32-23-14-11-20-28(32)17-8-5-2)36(34)40-33-24-15-12-21-29(33)18-9-6-3/h10-15,19-26,37H,4-9,16-18H2,1-3H3. The summed E-state index contributed by atoms with van der Waals surface area (Å²) in [6.07, 6.45) is 9.19. The Kier molecular flexibility index (Phi) is 10.9. The van der Waals surface area contributed by atoms with Gasteiger partial charge in [0.05, 0.1) is 0 Å². The Morgan fingerprint density at radius 1 is 0.450 bits per heavy atom.